The summed E-state index contributed by atoms with van der Waals surface area (Å²) in [5.41, 5.74) is 2.11. The molecule has 7 heteroatoms. The molecule has 0 spiro atoms. The Balaban J connectivity index is 1.63. The van der Waals surface area contributed by atoms with Crippen LogP contribution in [0.1, 0.15) is 28.8 Å². The van der Waals surface area contributed by atoms with Gasteiger partial charge in [0, 0.05) is 43.3 Å². The zero-order chi connectivity index (χ0) is 20.1. The highest BCUT2D eigenvalue weighted by atomic mass is 16.5. The summed E-state index contributed by atoms with van der Waals surface area (Å²) in [6, 6.07) is 5.43. The van der Waals surface area contributed by atoms with Crippen LogP contribution in [0.5, 0.6) is 0 Å². The second-order valence-corrected chi connectivity index (χ2v) is 7.23. The van der Waals surface area contributed by atoms with E-state index < -0.39 is 0 Å². The third-order valence-electron chi connectivity index (χ3n) is 5.39. The highest BCUT2D eigenvalue weighted by Gasteiger charge is 2.27. The Bertz CT molecular complexity index is 763. The van der Waals surface area contributed by atoms with E-state index in [0.29, 0.717) is 63.5 Å². The van der Waals surface area contributed by atoms with Crippen molar-refractivity contribution < 1.29 is 19.1 Å². The molecule has 0 saturated carbocycles. The summed E-state index contributed by atoms with van der Waals surface area (Å²) in [6.07, 6.45) is 2.55. The maximum absolute atomic E-state index is 12.8. The van der Waals surface area contributed by atoms with Gasteiger partial charge in [-0.3, -0.25) is 14.4 Å². The molecular weight excluding hydrogens is 358 g/mol. The molecule has 2 fully saturated rings. The minimum Gasteiger partial charge on any atom is -0.378 e. The number of anilines is 1. The maximum Gasteiger partial charge on any atom is 0.254 e. The lowest BCUT2D eigenvalue weighted by atomic mass is 9.95. The molecule has 150 valence electrons. The number of carbonyl (C=O) groups is 3. The smallest absolute Gasteiger partial charge is 0.254 e. The van der Waals surface area contributed by atoms with Crippen molar-refractivity contribution in [3.8, 4) is 0 Å². The quantitative estimate of drug-likeness (QED) is 0.802. The monoisotopic (exact) mass is 385 g/mol. The first-order chi connectivity index (χ1) is 13.5. The van der Waals surface area contributed by atoms with E-state index >= 15 is 0 Å². The number of benzene rings is 1. The minimum atomic E-state index is -0.145. The lowest BCUT2D eigenvalue weighted by Gasteiger charge is -2.30. The fraction of sp³-hybridized carbons (Fsp3) is 0.476. The molecule has 1 aromatic carbocycles. The van der Waals surface area contributed by atoms with Crippen LogP contribution in [0.3, 0.4) is 0 Å². The van der Waals surface area contributed by atoms with Gasteiger partial charge < -0.3 is 19.9 Å². The second kappa shape index (κ2) is 9.01. The fourth-order valence-electron chi connectivity index (χ4n) is 3.60. The normalized spacial score (nSPS) is 17.9. The van der Waals surface area contributed by atoms with Gasteiger partial charge in [0.2, 0.25) is 11.8 Å². The fourth-order valence-corrected chi connectivity index (χ4v) is 3.60. The van der Waals surface area contributed by atoms with E-state index in [9.17, 15) is 14.4 Å². The molecule has 1 aromatic rings. The Hall–Kier alpha value is -2.67. The van der Waals surface area contributed by atoms with Crippen LogP contribution in [0, 0.1) is 12.8 Å². The van der Waals surface area contributed by atoms with Gasteiger partial charge in [0.15, 0.2) is 0 Å². The predicted molar refractivity (Wildman–Crippen MR) is 106 cm³/mol. The summed E-state index contributed by atoms with van der Waals surface area (Å²) < 4.78 is 5.31. The van der Waals surface area contributed by atoms with Crippen molar-refractivity contribution in [3.63, 3.8) is 0 Å². The van der Waals surface area contributed by atoms with Gasteiger partial charge in [-0.15, -0.1) is 0 Å². The van der Waals surface area contributed by atoms with Crippen molar-refractivity contribution >= 4 is 23.4 Å². The van der Waals surface area contributed by atoms with Crippen LogP contribution in [-0.2, 0) is 14.3 Å². The molecule has 2 aliphatic rings. The average Bonchev–Trinajstić information content (AvgIpc) is 2.74. The zero-order valence-corrected chi connectivity index (χ0v) is 16.3. The second-order valence-electron chi connectivity index (χ2n) is 7.23. The number of nitrogens with one attached hydrogen (secondary N) is 1. The zero-order valence-electron chi connectivity index (χ0n) is 16.3. The number of piperidine rings is 1. The van der Waals surface area contributed by atoms with Crippen molar-refractivity contribution in [2.75, 3.05) is 44.7 Å². The van der Waals surface area contributed by atoms with Gasteiger partial charge in [-0.05, 0) is 43.5 Å². The van der Waals surface area contributed by atoms with Crippen molar-refractivity contribution in [1.29, 1.82) is 0 Å². The number of hydrogen-bond donors (Lipinski definition) is 1. The summed E-state index contributed by atoms with van der Waals surface area (Å²) in [4.78, 5) is 40.6. The van der Waals surface area contributed by atoms with Crippen LogP contribution in [0.15, 0.2) is 30.9 Å². The Morgan fingerprint density at radius 3 is 2.43 bits per heavy atom. The summed E-state index contributed by atoms with van der Waals surface area (Å²) in [5, 5.41) is 2.94. The van der Waals surface area contributed by atoms with Crippen molar-refractivity contribution in [2.45, 2.75) is 19.8 Å². The molecule has 0 atom stereocenters. The van der Waals surface area contributed by atoms with Crippen LogP contribution in [0.25, 0.3) is 0 Å². The highest BCUT2D eigenvalue weighted by Crippen LogP contribution is 2.22. The number of nitrogens with zero attached hydrogens (tertiary/aromatic N) is 2. The van der Waals surface area contributed by atoms with Crippen LogP contribution >= 0.6 is 0 Å². The Morgan fingerprint density at radius 1 is 1.11 bits per heavy atom. The molecule has 0 aliphatic carbocycles. The van der Waals surface area contributed by atoms with Gasteiger partial charge >= 0.3 is 0 Å². The first-order valence-electron chi connectivity index (χ1n) is 9.69. The number of carbonyl (C=O) groups excluding carboxylic acids is 3. The number of hydrogen-bond acceptors (Lipinski definition) is 4. The SMILES string of the molecule is C=CC(=O)N1CCC(C(=O)Nc2ccc(C)c(C(=O)N3CCOCC3)c2)CC1. The lowest BCUT2D eigenvalue weighted by molar-refractivity contribution is -0.130. The molecule has 2 heterocycles. The molecule has 1 N–H and O–H groups in total. The molecule has 0 bridgehead atoms. The molecule has 0 unspecified atom stereocenters. The molecule has 2 aliphatic heterocycles. The largest absolute Gasteiger partial charge is 0.378 e. The highest BCUT2D eigenvalue weighted by molar-refractivity contribution is 5.99. The lowest BCUT2D eigenvalue weighted by Crippen LogP contribution is -2.41. The molecule has 0 radical (unpaired) electrons. The van der Waals surface area contributed by atoms with Crippen LogP contribution < -0.4 is 5.32 Å². The summed E-state index contributed by atoms with van der Waals surface area (Å²) >= 11 is 0. The first kappa shape index (κ1) is 20.1. The van der Waals surface area contributed by atoms with E-state index in [1.54, 1.807) is 15.9 Å². The van der Waals surface area contributed by atoms with E-state index in [4.69, 9.17) is 4.74 Å². The maximum atomic E-state index is 12.8. The van der Waals surface area contributed by atoms with E-state index in [1.807, 2.05) is 19.1 Å². The third-order valence-corrected chi connectivity index (χ3v) is 5.39. The van der Waals surface area contributed by atoms with Gasteiger partial charge in [-0.1, -0.05) is 12.6 Å². The third kappa shape index (κ3) is 4.59. The Morgan fingerprint density at radius 2 is 1.79 bits per heavy atom. The predicted octanol–water partition coefficient (Wildman–Crippen LogP) is 1.83. The minimum absolute atomic E-state index is 0.0341. The van der Waals surface area contributed by atoms with Crippen molar-refractivity contribution in [2.24, 2.45) is 5.92 Å². The first-order valence-corrected chi connectivity index (χ1v) is 9.69. The summed E-state index contributed by atoms with van der Waals surface area (Å²) in [5.74, 6) is -0.343. The van der Waals surface area contributed by atoms with Crippen molar-refractivity contribution in [1.82, 2.24) is 9.80 Å². The van der Waals surface area contributed by atoms with Crippen LogP contribution in [0.2, 0.25) is 0 Å². The Labute approximate surface area is 165 Å². The van der Waals surface area contributed by atoms with E-state index in [1.165, 1.54) is 6.08 Å². The molecule has 28 heavy (non-hydrogen) atoms. The number of ether oxygens (including phenoxy) is 1. The van der Waals surface area contributed by atoms with Gasteiger partial charge in [-0.2, -0.15) is 0 Å². The molecular formula is C21H27N3O4. The number of morpholine rings is 1. The van der Waals surface area contributed by atoms with E-state index in [0.717, 1.165) is 5.56 Å². The van der Waals surface area contributed by atoms with E-state index in [-0.39, 0.29) is 23.6 Å². The Kier molecular flexibility index (Phi) is 6.46. The van der Waals surface area contributed by atoms with Crippen LogP contribution in [0.4, 0.5) is 5.69 Å². The van der Waals surface area contributed by atoms with Gasteiger partial charge in [0.25, 0.3) is 5.91 Å². The van der Waals surface area contributed by atoms with Gasteiger partial charge in [0.05, 0.1) is 13.2 Å². The number of rotatable bonds is 4. The molecule has 0 aromatic heterocycles. The summed E-state index contributed by atoms with van der Waals surface area (Å²) in [6.45, 7) is 8.76. The topological polar surface area (TPSA) is 79.0 Å². The number of likely N-dealkylation sites (tertiary alicyclic amines) is 1. The van der Waals surface area contributed by atoms with E-state index in [2.05, 4.69) is 11.9 Å². The molecule has 3 amide bonds. The molecule has 3 rings (SSSR count). The average molecular weight is 385 g/mol. The number of aryl methyl sites for hydroxylation is 1. The van der Waals surface area contributed by atoms with Crippen LogP contribution in [-0.4, -0.2) is 66.9 Å². The van der Waals surface area contributed by atoms with Gasteiger partial charge in [0.1, 0.15) is 0 Å². The standard InChI is InChI=1S/C21H27N3O4/c1-3-19(25)23-8-6-16(7-9-23)20(26)22-17-5-4-15(2)18(14-17)21(27)24-10-12-28-13-11-24/h3-5,14,16H,1,6-13H2,2H3,(H,22,26). The van der Waals surface area contributed by atoms with Gasteiger partial charge in [-0.25, -0.2) is 0 Å². The number of amides is 3. The molecule has 2 saturated heterocycles. The molecule has 7 nitrogen and oxygen atoms in total. The summed E-state index contributed by atoms with van der Waals surface area (Å²) in [7, 11) is 0. The van der Waals surface area contributed by atoms with Crippen molar-refractivity contribution in [3.05, 3.63) is 42.0 Å².